The third kappa shape index (κ3) is 7.24. The van der Waals surface area contributed by atoms with Crippen LogP contribution in [0.1, 0.15) is 29.2 Å². The molecule has 152 valence electrons. The largest absolute Gasteiger partial charge is 0.496 e. The summed E-state index contributed by atoms with van der Waals surface area (Å²) in [6.07, 6.45) is 0.883. The molecular weight excluding hydrogens is 348 g/mol. The molecule has 0 aromatic heterocycles. The van der Waals surface area contributed by atoms with E-state index in [1.165, 1.54) is 22.3 Å². The zero-order valence-corrected chi connectivity index (χ0v) is 17.9. The number of hydrogen-bond donors (Lipinski definition) is 2. The second-order valence-electron chi connectivity index (χ2n) is 7.24. The molecule has 2 aromatic carbocycles. The van der Waals surface area contributed by atoms with Gasteiger partial charge in [0.25, 0.3) is 0 Å². The van der Waals surface area contributed by atoms with E-state index in [0.29, 0.717) is 6.54 Å². The van der Waals surface area contributed by atoms with Crippen LogP contribution in [0, 0.1) is 6.92 Å². The van der Waals surface area contributed by atoms with Crippen molar-refractivity contribution in [3.05, 3.63) is 64.7 Å². The number of rotatable bonds is 9. The van der Waals surface area contributed by atoms with Gasteiger partial charge in [-0.1, -0.05) is 42.0 Å². The first-order chi connectivity index (χ1) is 13.5. The Morgan fingerprint density at radius 3 is 2.39 bits per heavy atom. The molecule has 0 aliphatic carbocycles. The molecule has 0 saturated carbocycles. The summed E-state index contributed by atoms with van der Waals surface area (Å²) in [5.74, 6) is 1.78. The van der Waals surface area contributed by atoms with Crippen molar-refractivity contribution in [1.29, 1.82) is 0 Å². The Bertz CT molecular complexity index is 754. The van der Waals surface area contributed by atoms with Crippen LogP contribution in [0.4, 0.5) is 0 Å². The van der Waals surface area contributed by atoms with Crippen molar-refractivity contribution in [3.63, 3.8) is 0 Å². The Morgan fingerprint density at radius 2 is 1.75 bits per heavy atom. The molecule has 0 atom stereocenters. The molecule has 0 fully saturated rings. The zero-order valence-electron chi connectivity index (χ0n) is 17.9. The lowest BCUT2D eigenvalue weighted by Crippen LogP contribution is -2.38. The summed E-state index contributed by atoms with van der Waals surface area (Å²) in [4.78, 5) is 6.89. The molecule has 0 unspecified atom stereocenters. The summed E-state index contributed by atoms with van der Waals surface area (Å²) >= 11 is 0. The molecule has 0 amide bonds. The van der Waals surface area contributed by atoms with Crippen molar-refractivity contribution < 1.29 is 4.74 Å². The minimum atomic E-state index is 0.658. The van der Waals surface area contributed by atoms with Gasteiger partial charge >= 0.3 is 0 Å². The topological polar surface area (TPSA) is 48.9 Å². The Labute approximate surface area is 169 Å². The van der Waals surface area contributed by atoms with E-state index in [2.05, 4.69) is 79.9 Å². The minimum absolute atomic E-state index is 0.658. The standard InChI is InChI=1S/C23H34N4O/c1-6-24-23(25-14-13-21-15-18(2)7-12-22(21)28-5)26-16-19-8-10-20(11-9-19)17-27(3)4/h7-12,15H,6,13-14,16-17H2,1-5H3,(H2,24,25,26). The highest BCUT2D eigenvalue weighted by Crippen LogP contribution is 2.19. The van der Waals surface area contributed by atoms with E-state index in [1.54, 1.807) is 7.11 Å². The Morgan fingerprint density at radius 1 is 1.04 bits per heavy atom. The normalized spacial score (nSPS) is 11.6. The maximum atomic E-state index is 5.47. The van der Waals surface area contributed by atoms with Gasteiger partial charge in [-0.15, -0.1) is 0 Å². The summed E-state index contributed by atoms with van der Waals surface area (Å²) in [5, 5.41) is 6.74. The molecule has 0 heterocycles. The lowest BCUT2D eigenvalue weighted by Gasteiger charge is -2.13. The van der Waals surface area contributed by atoms with Crippen molar-refractivity contribution >= 4 is 5.96 Å². The molecule has 5 nitrogen and oxygen atoms in total. The van der Waals surface area contributed by atoms with Crippen molar-refractivity contribution in [2.45, 2.75) is 33.4 Å². The second-order valence-corrected chi connectivity index (χ2v) is 7.24. The monoisotopic (exact) mass is 382 g/mol. The molecule has 2 aromatic rings. The summed E-state index contributed by atoms with van der Waals surface area (Å²) < 4.78 is 5.47. The first kappa shape index (κ1) is 21.8. The number of methoxy groups -OCH3 is 1. The summed E-state index contributed by atoms with van der Waals surface area (Å²) in [6.45, 7) is 7.43. The molecule has 2 rings (SSSR count). The maximum Gasteiger partial charge on any atom is 0.191 e. The van der Waals surface area contributed by atoms with Crippen molar-refractivity contribution in [2.75, 3.05) is 34.3 Å². The van der Waals surface area contributed by atoms with Gasteiger partial charge in [0.2, 0.25) is 0 Å². The first-order valence-corrected chi connectivity index (χ1v) is 9.90. The van der Waals surface area contributed by atoms with Gasteiger partial charge in [-0.2, -0.15) is 0 Å². The predicted octanol–water partition coefficient (Wildman–Crippen LogP) is 3.36. The van der Waals surface area contributed by atoms with Gasteiger partial charge in [0.05, 0.1) is 13.7 Å². The van der Waals surface area contributed by atoms with Crippen LogP contribution in [0.5, 0.6) is 5.75 Å². The molecule has 0 aliphatic rings. The van der Waals surface area contributed by atoms with Crippen LogP contribution in [0.15, 0.2) is 47.5 Å². The Balaban J connectivity index is 1.92. The lowest BCUT2D eigenvalue weighted by atomic mass is 10.1. The van der Waals surface area contributed by atoms with Crippen LogP contribution in [-0.4, -0.2) is 45.2 Å². The quantitative estimate of drug-likeness (QED) is 0.516. The summed E-state index contributed by atoms with van der Waals surface area (Å²) in [7, 11) is 5.88. The molecular formula is C23H34N4O. The lowest BCUT2D eigenvalue weighted by molar-refractivity contribution is 0.402. The van der Waals surface area contributed by atoms with Crippen LogP contribution in [0.2, 0.25) is 0 Å². The van der Waals surface area contributed by atoms with Gasteiger partial charge in [-0.05, 0) is 57.1 Å². The SMILES string of the molecule is CCNC(=NCc1ccc(CN(C)C)cc1)NCCc1cc(C)ccc1OC. The van der Waals surface area contributed by atoms with Gasteiger partial charge in [-0.25, -0.2) is 4.99 Å². The van der Waals surface area contributed by atoms with E-state index in [4.69, 9.17) is 9.73 Å². The number of benzene rings is 2. The van der Waals surface area contributed by atoms with Crippen molar-refractivity contribution in [2.24, 2.45) is 4.99 Å². The average Bonchev–Trinajstić information content (AvgIpc) is 2.67. The highest BCUT2D eigenvalue weighted by molar-refractivity contribution is 5.79. The van der Waals surface area contributed by atoms with E-state index < -0.39 is 0 Å². The highest BCUT2D eigenvalue weighted by Gasteiger charge is 2.04. The predicted molar refractivity (Wildman–Crippen MR) is 118 cm³/mol. The van der Waals surface area contributed by atoms with E-state index in [9.17, 15) is 0 Å². The van der Waals surface area contributed by atoms with Gasteiger partial charge < -0.3 is 20.3 Å². The summed E-state index contributed by atoms with van der Waals surface area (Å²) in [6, 6.07) is 15.0. The fraction of sp³-hybridized carbons (Fsp3) is 0.435. The fourth-order valence-electron chi connectivity index (χ4n) is 3.05. The number of aryl methyl sites for hydroxylation is 1. The van der Waals surface area contributed by atoms with Gasteiger partial charge in [-0.3, -0.25) is 0 Å². The van der Waals surface area contributed by atoms with Crippen LogP contribution >= 0.6 is 0 Å². The number of hydrogen-bond acceptors (Lipinski definition) is 3. The second kappa shape index (κ2) is 11.3. The smallest absolute Gasteiger partial charge is 0.191 e. The van der Waals surface area contributed by atoms with Crippen LogP contribution < -0.4 is 15.4 Å². The molecule has 0 bridgehead atoms. The number of ether oxygens (including phenoxy) is 1. The number of guanidine groups is 1. The van der Waals surface area contributed by atoms with Gasteiger partial charge in [0.15, 0.2) is 5.96 Å². The van der Waals surface area contributed by atoms with Gasteiger partial charge in [0.1, 0.15) is 5.75 Å². The van der Waals surface area contributed by atoms with E-state index in [-0.39, 0.29) is 0 Å². The molecule has 2 N–H and O–H groups in total. The molecule has 0 radical (unpaired) electrons. The fourth-order valence-corrected chi connectivity index (χ4v) is 3.05. The molecule has 0 aliphatic heterocycles. The van der Waals surface area contributed by atoms with Gasteiger partial charge in [0, 0.05) is 19.6 Å². The third-order valence-electron chi connectivity index (χ3n) is 4.41. The van der Waals surface area contributed by atoms with Crippen LogP contribution in [-0.2, 0) is 19.5 Å². The van der Waals surface area contributed by atoms with Crippen molar-refractivity contribution in [3.8, 4) is 5.75 Å². The van der Waals surface area contributed by atoms with E-state index >= 15 is 0 Å². The number of nitrogens with zero attached hydrogens (tertiary/aromatic N) is 2. The van der Waals surface area contributed by atoms with E-state index in [1.807, 2.05) is 6.07 Å². The average molecular weight is 383 g/mol. The molecule has 5 heteroatoms. The molecule has 0 saturated heterocycles. The number of nitrogens with one attached hydrogen (secondary N) is 2. The molecule has 0 spiro atoms. The molecule has 28 heavy (non-hydrogen) atoms. The Hall–Kier alpha value is -2.53. The minimum Gasteiger partial charge on any atom is -0.496 e. The van der Waals surface area contributed by atoms with Crippen LogP contribution in [0.25, 0.3) is 0 Å². The summed E-state index contributed by atoms with van der Waals surface area (Å²) in [5.41, 5.74) is 4.98. The first-order valence-electron chi connectivity index (χ1n) is 9.90. The van der Waals surface area contributed by atoms with Crippen LogP contribution in [0.3, 0.4) is 0 Å². The van der Waals surface area contributed by atoms with E-state index in [0.717, 1.165) is 37.8 Å². The maximum absolute atomic E-state index is 5.47. The number of aliphatic imine (C=N–C) groups is 1. The highest BCUT2D eigenvalue weighted by atomic mass is 16.5. The zero-order chi connectivity index (χ0) is 20.4. The Kier molecular flexibility index (Phi) is 8.82. The van der Waals surface area contributed by atoms with Crippen molar-refractivity contribution in [1.82, 2.24) is 15.5 Å². The third-order valence-corrected chi connectivity index (χ3v) is 4.41.